The smallest absolute Gasteiger partial charge is 0.0159 e. The molecule has 0 heterocycles. The summed E-state index contributed by atoms with van der Waals surface area (Å²) in [6.07, 6.45) is 8.59. The van der Waals surface area contributed by atoms with Gasteiger partial charge in [0.1, 0.15) is 0 Å². The third-order valence-electron chi connectivity index (χ3n) is 5.73. The van der Waals surface area contributed by atoms with Crippen LogP contribution >= 0.6 is 0 Å². The highest BCUT2D eigenvalue weighted by atomic mass is 14.4. The fourth-order valence-corrected chi connectivity index (χ4v) is 4.34. The van der Waals surface area contributed by atoms with Crippen LogP contribution in [0.15, 0.2) is 60.7 Å². The number of fused-ring (bicyclic) bond motifs is 4. The van der Waals surface area contributed by atoms with E-state index in [-0.39, 0.29) is 5.41 Å². The van der Waals surface area contributed by atoms with Crippen LogP contribution in [0.2, 0.25) is 0 Å². The van der Waals surface area contributed by atoms with Crippen molar-refractivity contribution < 1.29 is 0 Å². The van der Waals surface area contributed by atoms with Crippen LogP contribution < -0.4 is 0 Å². The Kier molecular flexibility index (Phi) is 2.27. The van der Waals surface area contributed by atoms with Crippen LogP contribution in [0, 0.1) is 11.8 Å². The first kappa shape index (κ1) is 12.5. The Labute approximate surface area is 132 Å². The molecule has 22 heavy (non-hydrogen) atoms. The number of allylic oxidation sites excluding steroid dienone is 4. The van der Waals surface area contributed by atoms with E-state index in [1.807, 2.05) is 0 Å². The van der Waals surface area contributed by atoms with Crippen molar-refractivity contribution in [2.75, 3.05) is 0 Å². The van der Waals surface area contributed by atoms with Crippen LogP contribution in [0.5, 0.6) is 0 Å². The summed E-state index contributed by atoms with van der Waals surface area (Å²) in [4.78, 5) is 0. The van der Waals surface area contributed by atoms with Gasteiger partial charge in [0.05, 0.1) is 0 Å². The number of rotatable bonds is 1. The topological polar surface area (TPSA) is 0 Å². The molecule has 3 aliphatic carbocycles. The molecule has 2 atom stereocenters. The number of benzene rings is 2. The van der Waals surface area contributed by atoms with E-state index < -0.39 is 0 Å². The third kappa shape index (κ3) is 1.53. The fraction of sp³-hybridized carbons (Fsp3) is 0.273. The first-order valence-electron chi connectivity index (χ1n) is 8.30. The van der Waals surface area contributed by atoms with Gasteiger partial charge in [-0.3, -0.25) is 0 Å². The van der Waals surface area contributed by atoms with Crippen molar-refractivity contribution in [2.45, 2.75) is 25.7 Å². The molecule has 0 heteroatoms. The zero-order chi connectivity index (χ0) is 14.9. The molecular weight excluding hydrogens is 264 g/mol. The van der Waals surface area contributed by atoms with E-state index in [4.69, 9.17) is 0 Å². The van der Waals surface area contributed by atoms with Gasteiger partial charge in [0, 0.05) is 5.41 Å². The number of hydrogen-bond acceptors (Lipinski definition) is 0. The summed E-state index contributed by atoms with van der Waals surface area (Å²) in [5.74, 6) is 1.62. The standard InChI is InChI=1S/C22H20/c1-22(2)19-8-4-3-6-18(19)21-17(7-5-9-20(21)22)15-11-10-14-12-16(14)13-15/h3-11,13-14,16H,12H2,1-2H3. The van der Waals surface area contributed by atoms with Gasteiger partial charge in [-0.15, -0.1) is 0 Å². The second kappa shape index (κ2) is 4.01. The summed E-state index contributed by atoms with van der Waals surface area (Å²) >= 11 is 0. The van der Waals surface area contributed by atoms with E-state index in [9.17, 15) is 0 Å². The van der Waals surface area contributed by atoms with Crippen LogP contribution in [-0.2, 0) is 5.41 Å². The summed E-state index contributed by atoms with van der Waals surface area (Å²) in [6.45, 7) is 4.70. The molecule has 0 saturated heterocycles. The van der Waals surface area contributed by atoms with Gasteiger partial charge in [-0.05, 0) is 51.6 Å². The largest absolute Gasteiger partial charge is 0.0802 e. The molecule has 2 unspecified atom stereocenters. The molecule has 0 spiro atoms. The Morgan fingerprint density at radius 1 is 0.864 bits per heavy atom. The normalized spacial score (nSPS) is 26.0. The average Bonchev–Trinajstić information content (AvgIpc) is 3.28. The van der Waals surface area contributed by atoms with Crippen molar-refractivity contribution in [1.29, 1.82) is 0 Å². The van der Waals surface area contributed by atoms with Gasteiger partial charge < -0.3 is 0 Å². The zero-order valence-electron chi connectivity index (χ0n) is 13.1. The summed E-state index contributed by atoms with van der Waals surface area (Å²) in [6, 6.07) is 15.8. The SMILES string of the molecule is CC1(C)c2ccccc2-c2c(C3=CC4CC4C=C3)cccc21. The van der Waals surface area contributed by atoms with Gasteiger partial charge in [-0.25, -0.2) is 0 Å². The van der Waals surface area contributed by atoms with Gasteiger partial charge in [0.2, 0.25) is 0 Å². The predicted molar refractivity (Wildman–Crippen MR) is 92.7 cm³/mol. The van der Waals surface area contributed by atoms with E-state index in [0.29, 0.717) is 0 Å². The first-order valence-corrected chi connectivity index (χ1v) is 8.30. The molecule has 0 bridgehead atoms. The maximum Gasteiger partial charge on any atom is 0.0159 e. The molecule has 0 N–H and O–H groups in total. The molecule has 3 aliphatic rings. The number of hydrogen-bond donors (Lipinski definition) is 0. The quantitative estimate of drug-likeness (QED) is 0.641. The second-order valence-corrected chi connectivity index (χ2v) is 7.44. The highest BCUT2D eigenvalue weighted by Gasteiger charge is 2.38. The lowest BCUT2D eigenvalue weighted by Crippen LogP contribution is -2.14. The summed E-state index contributed by atoms with van der Waals surface area (Å²) < 4.78 is 0. The molecule has 2 aromatic carbocycles. The van der Waals surface area contributed by atoms with Crippen LogP contribution in [-0.4, -0.2) is 0 Å². The average molecular weight is 284 g/mol. The Morgan fingerprint density at radius 3 is 2.50 bits per heavy atom. The Balaban J connectivity index is 1.79. The maximum absolute atomic E-state index is 2.49. The van der Waals surface area contributed by atoms with Gasteiger partial charge in [-0.1, -0.05) is 74.5 Å². The molecule has 0 nitrogen and oxygen atoms in total. The van der Waals surface area contributed by atoms with Crippen LogP contribution in [0.1, 0.15) is 37.0 Å². The molecule has 0 aliphatic heterocycles. The highest BCUT2D eigenvalue weighted by Crippen LogP contribution is 2.53. The molecular formula is C22H20. The predicted octanol–water partition coefficient (Wildman–Crippen LogP) is 5.58. The Bertz CT molecular complexity index is 848. The lowest BCUT2D eigenvalue weighted by Gasteiger charge is -2.21. The van der Waals surface area contributed by atoms with Crippen molar-refractivity contribution >= 4 is 5.57 Å². The lowest BCUT2D eigenvalue weighted by atomic mass is 9.82. The molecule has 0 radical (unpaired) electrons. The third-order valence-corrected chi connectivity index (χ3v) is 5.73. The van der Waals surface area contributed by atoms with E-state index in [2.05, 4.69) is 74.5 Å². The minimum Gasteiger partial charge on any atom is -0.0802 e. The van der Waals surface area contributed by atoms with Gasteiger partial charge in [0.15, 0.2) is 0 Å². The van der Waals surface area contributed by atoms with Gasteiger partial charge in [0.25, 0.3) is 0 Å². The minimum absolute atomic E-state index is 0.100. The van der Waals surface area contributed by atoms with E-state index >= 15 is 0 Å². The monoisotopic (exact) mass is 284 g/mol. The Hall–Kier alpha value is -2.08. The molecule has 2 aromatic rings. The van der Waals surface area contributed by atoms with Crippen molar-refractivity contribution in [1.82, 2.24) is 0 Å². The summed E-state index contributed by atoms with van der Waals surface area (Å²) in [5, 5.41) is 0. The molecule has 1 saturated carbocycles. The second-order valence-electron chi connectivity index (χ2n) is 7.44. The van der Waals surface area contributed by atoms with E-state index in [1.54, 1.807) is 0 Å². The molecule has 0 amide bonds. The van der Waals surface area contributed by atoms with Crippen LogP contribution in [0.4, 0.5) is 0 Å². The van der Waals surface area contributed by atoms with Crippen molar-refractivity contribution in [3.05, 3.63) is 77.4 Å². The van der Waals surface area contributed by atoms with Crippen LogP contribution in [0.25, 0.3) is 16.7 Å². The maximum atomic E-state index is 2.49. The first-order chi connectivity index (χ1) is 10.7. The van der Waals surface area contributed by atoms with Crippen molar-refractivity contribution in [3.63, 3.8) is 0 Å². The minimum atomic E-state index is 0.100. The molecule has 1 fully saturated rings. The fourth-order valence-electron chi connectivity index (χ4n) is 4.34. The molecule has 108 valence electrons. The van der Waals surface area contributed by atoms with Crippen molar-refractivity contribution in [3.8, 4) is 11.1 Å². The molecule has 5 rings (SSSR count). The van der Waals surface area contributed by atoms with Gasteiger partial charge in [-0.2, -0.15) is 0 Å². The van der Waals surface area contributed by atoms with Crippen LogP contribution in [0.3, 0.4) is 0 Å². The Morgan fingerprint density at radius 2 is 1.64 bits per heavy atom. The zero-order valence-corrected chi connectivity index (χ0v) is 13.1. The van der Waals surface area contributed by atoms with E-state index in [0.717, 1.165) is 11.8 Å². The van der Waals surface area contributed by atoms with Gasteiger partial charge >= 0.3 is 0 Å². The molecule has 0 aromatic heterocycles. The lowest BCUT2D eigenvalue weighted by molar-refractivity contribution is 0.660. The van der Waals surface area contributed by atoms with Crippen molar-refractivity contribution in [2.24, 2.45) is 11.8 Å². The summed E-state index contributed by atoms with van der Waals surface area (Å²) in [7, 11) is 0. The highest BCUT2D eigenvalue weighted by molar-refractivity contribution is 5.93. The van der Waals surface area contributed by atoms with E-state index in [1.165, 1.54) is 39.8 Å². The summed E-state index contributed by atoms with van der Waals surface area (Å²) in [5.41, 5.74) is 8.74.